The van der Waals surface area contributed by atoms with Gasteiger partial charge in [0.15, 0.2) is 0 Å². The molecule has 1 fully saturated rings. The van der Waals surface area contributed by atoms with Gasteiger partial charge in [0.25, 0.3) is 5.91 Å². The third-order valence-corrected chi connectivity index (χ3v) is 6.58. The average Bonchev–Trinajstić information content (AvgIpc) is 3.32. The number of carbonyl (C=O) groups excluding carboxylic acids is 2. The number of methoxy groups -OCH3 is 1. The van der Waals surface area contributed by atoms with Crippen LogP contribution in [-0.2, 0) is 11.2 Å². The maximum Gasteiger partial charge on any atom is 0.326 e. The van der Waals surface area contributed by atoms with Crippen LogP contribution in [0.1, 0.15) is 21.5 Å². The highest BCUT2D eigenvalue weighted by atomic mass is 16.5. The van der Waals surface area contributed by atoms with E-state index < -0.39 is 0 Å². The Labute approximate surface area is 205 Å². The Bertz CT molecular complexity index is 1250. The Hall–Kier alpha value is -3.84. The van der Waals surface area contributed by atoms with E-state index in [9.17, 15) is 9.59 Å². The summed E-state index contributed by atoms with van der Waals surface area (Å²) in [5.41, 5.74) is 6.54. The van der Waals surface area contributed by atoms with Gasteiger partial charge in [0.1, 0.15) is 5.75 Å². The van der Waals surface area contributed by atoms with Gasteiger partial charge in [-0.1, -0.05) is 24.3 Å². The van der Waals surface area contributed by atoms with Gasteiger partial charge in [0.2, 0.25) is 0 Å². The second-order valence-corrected chi connectivity index (χ2v) is 8.86. The lowest BCUT2D eigenvalue weighted by Crippen LogP contribution is -2.40. The van der Waals surface area contributed by atoms with E-state index in [-0.39, 0.29) is 11.9 Å². The number of carbonyl (C=O) groups is 2. The van der Waals surface area contributed by atoms with Crippen LogP contribution in [0.25, 0.3) is 11.1 Å². The van der Waals surface area contributed by atoms with E-state index in [1.807, 2.05) is 66.4 Å². The van der Waals surface area contributed by atoms with Gasteiger partial charge in [-0.15, -0.1) is 0 Å². The standard InChI is InChI=1S/C28H29N3O4/c1-19-3-10-26(34-2)24(17-19)29-28(33)31-12-11-23-18-22(8-9-25(23)31)20-4-6-21(7-5-20)27(32)30-13-15-35-16-14-30/h3-10,17-18H,11-16H2,1-2H3,(H,29,33). The maximum absolute atomic E-state index is 13.1. The van der Waals surface area contributed by atoms with Crippen molar-refractivity contribution < 1.29 is 19.1 Å². The van der Waals surface area contributed by atoms with Gasteiger partial charge in [0, 0.05) is 30.9 Å². The fourth-order valence-electron chi connectivity index (χ4n) is 4.65. The fourth-order valence-corrected chi connectivity index (χ4v) is 4.65. The van der Waals surface area contributed by atoms with E-state index in [0.29, 0.717) is 49.8 Å². The molecule has 3 aromatic rings. The van der Waals surface area contributed by atoms with Crippen LogP contribution in [0, 0.1) is 6.92 Å². The first-order chi connectivity index (χ1) is 17.0. The summed E-state index contributed by atoms with van der Waals surface area (Å²) in [4.78, 5) is 29.4. The minimum atomic E-state index is -0.175. The molecule has 35 heavy (non-hydrogen) atoms. The molecule has 0 atom stereocenters. The van der Waals surface area contributed by atoms with Gasteiger partial charge < -0.3 is 19.7 Å². The van der Waals surface area contributed by atoms with Crippen molar-refractivity contribution in [2.45, 2.75) is 13.3 Å². The largest absolute Gasteiger partial charge is 0.495 e. The SMILES string of the molecule is COc1ccc(C)cc1NC(=O)N1CCc2cc(-c3ccc(C(=O)N4CCOCC4)cc3)ccc21. The first kappa shape index (κ1) is 22.9. The van der Waals surface area contributed by atoms with Gasteiger partial charge in [-0.05, 0) is 72.0 Å². The summed E-state index contributed by atoms with van der Waals surface area (Å²) in [6.07, 6.45) is 0.787. The highest BCUT2D eigenvalue weighted by Crippen LogP contribution is 2.34. The molecular formula is C28H29N3O4. The highest BCUT2D eigenvalue weighted by molar-refractivity contribution is 6.04. The Morgan fingerprint density at radius 2 is 1.66 bits per heavy atom. The van der Waals surface area contributed by atoms with E-state index in [1.54, 1.807) is 12.0 Å². The lowest BCUT2D eigenvalue weighted by molar-refractivity contribution is 0.0303. The third-order valence-electron chi connectivity index (χ3n) is 6.58. The summed E-state index contributed by atoms with van der Waals surface area (Å²) in [7, 11) is 1.60. The van der Waals surface area contributed by atoms with E-state index in [0.717, 1.165) is 34.4 Å². The molecule has 0 unspecified atom stereocenters. The highest BCUT2D eigenvalue weighted by Gasteiger charge is 2.26. The van der Waals surface area contributed by atoms with Crippen LogP contribution >= 0.6 is 0 Å². The predicted molar refractivity (Wildman–Crippen MR) is 136 cm³/mol. The van der Waals surface area contributed by atoms with Crippen molar-refractivity contribution in [3.05, 3.63) is 77.4 Å². The van der Waals surface area contributed by atoms with E-state index >= 15 is 0 Å². The number of nitrogens with zero attached hydrogens (tertiary/aromatic N) is 2. The zero-order chi connectivity index (χ0) is 24.4. The van der Waals surface area contributed by atoms with Crippen molar-refractivity contribution in [3.8, 4) is 16.9 Å². The molecule has 2 aliphatic rings. The zero-order valence-electron chi connectivity index (χ0n) is 20.0. The Morgan fingerprint density at radius 3 is 2.40 bits per heavy atom. The third kappa shape index (κ3) is 4.72. The number of nitrogens with one attached hydrogen (secondary N) is 1. The van der Waals surface area contributed by atoms with Crippen molar-refractivity contribution in [2.24, 2.45) is 0 Å². The van der Waals surface area contributed by atoms with E-state index in [1.165, 1.54) is 0 Å². The Balaban J connectivity index is 1.30. The van der Waals surface area contributed by atoms with Crippen LogP contribution in [0.15, 0.2) is 60.7 Å². The van der Waals surface area contributed by atoms with Gasteiger partial charge in [-0.3, -0.25) is 9.69 Å². The molecule has 0 bridgehead atoms. The maximum atomic E-state index is 13.1. The summed E-state index contributed by atoms with van der Waals surface area (Å²) in [6.45, 7) is 5.04. The second-order valence-electron chi connectivity index (χ2n) is 8.86. The molecule has 0 saturated carbocycles. The van der Waals surface area contributed by atoms with Gasteiger partial charge in [-0.2, -0.15) is 0 Å². The van der Waals surface area contributed by atoms with Gasteiger partial charge >= 0.3 is 6.03 Å². The fraction of sp³-hybridized carbons (Fsp3) is 0.286. The number of hydrogen-bond donors (Lipinski definition) is 1. The van der Waals surface area contributed by atoms with Crippen LogP contribution in [0.4, 0.5) is 16.2 Å². The molecule has 1 N–H and O–H groups in total. The predicted octanol–water partition coefficient (Wildman–Crippen LogP) is 4.74. The molecule has 2 heterocycles. The molecule has 7 nitrogen and oxygen atoms in total. The number of rotatable bonds is 4. The van der Waals surface area contributed by atoms with Crippen LogP contribution in [-0.4, -0.2) is 56.8 Å². The number of hydrogen-bond acceptors (Lipinski definition) is 4. The normalized spacial score (nSPS) is 15.0. The summed E-state index contributed by atoms with van der Waals surface area (Å²) >= 11 is 0. The number of morpholine rings is 1. The number of fused-ring (bicyclic) bond motifs is 1. The molecule has 5 rings (SSSR count). The lowest BCUT2D eigenvalue weighted by atomic mass is 10.0. The Morgan fingerprint density at radius 1 is 0.914 bits per heavy atom. The smallest absolute Gasteiger partial charge is 0.326 e. The van der Waals surface area contributed by atoms with Crippen molar-refractivity contribution in [2.75, 3.05) is 50.2 Å². The topological polar surface area (TPSA) is 71.1 Å². The summed E-state index contributed by atoms with van der Waals surface area (Å²) in [5.74, 6) is 0.676. The Kier molecular flexibility index (Phi) is 6.42. The zero-order valence-corrected chi connectivity index (χ0v) is 20.0. The molecule has 0 aliphatic carbocycles. The number of urea groups is 1. The first-order valence-corrected chi connectivity index (χ1v) is 11.9. The van der Waals surface area contributed by atoms with Crippen molar-refractivity contribution >= 4 is 23.3 Å². The second kappa shape index (κ2) is 9.80. The summed E-state index contributed by atoms with van der Waals surface area (Å²) in [6, 6.07) is 19.4. The number of aryl methyl sites for hydroxylation is 1. The van der Waals surface area contributed by atoms with Crippen LogP contribution < -0.4 is 15.0 Å². The molecule has 1 saturated heterocycles. The number of anilines is 2. The van der Waals surface area contributed by atoms with Crippen LogP contribution in [0.5, 0.6) is 5.75 Å². The van der Waals surface area contributed by atoms with Gasteiger partial charge in [-0.25, -0.2) is 4.79 Å². The summed E-state index contributed by atoms with van der Waals surface area (Å²) < 4.78 is 10.7. The molecule has 180 valence electrons. The number of amides is 3. The van der Waals surface area contributed by atoms with Crippen molar-refractivity contribution in [1.82, 2.24) is 4.90 Å². The molecule has 0 radical (unpaired) electrons. The summed E-state index contributed by atoms with van der Waals surface area (Å²) in [5, 5.41) is 2.99. The van der Waals surface area contributed by atoms with E-state index in [2.05, 4.69) is 11.4 Å². The lowest BCUT2D eigenvalue weighted by Gasteiger charge is -2.26. The van der Waals surface area contributed by atoms with Crippen LogP contribution in [0.3, 0.4) is 0 Å². The van der Waals surface area contributed by atoms with E-state index in [4.69, 9.17) is 9.47 Å². The molecule has 3 aromatic carbocycles. The first-order valence-electron chi connectivity index (χ1n) is 11.9. The monoisotopic (exact) mass is 471 g/mol. The van der Waals surface area contributed by atoms with Crippen molar-refractivity contribution in [3.63, 3.8) is 0 Å². The minimum Gasteiger partial charge on any atom is -0.495 e. The molecule has 3 amide bonds. The molecule has 7 heteroatoms. The number of benzene rings is 3. The van der Waals surface area contributed by atoms with Crippen molar-refractivity contribution in [1.29, 1.82) is 0 Å². The molecule has 0 spiro atoms. The molecule has 0 aromatic heterocycles. The quantitative estimate of drug-likeness (QED) is 0.597. The van der Waals surface area contributed by atoms with Gasteiger partial charge in [0.05, 0.1) is 26.0 Å². The van der Waals surface area contributed by atoms with Crippen LogP contribution in [0.2, 0.25) is 0 Å². The average molecular weight is 472 g/mol. The molecular weight excluding hydrogens is 442 g/mol. The molecule has 2 aliphatic heterocycles. The number of ether oxygens (including phenoxy) is 2. The minimum absolute atomic E-state index is 0.0423.